The summed E-state index contributed by atoms with van der Waals surface area (Å²) in [7, 11) is 0. The maximum Gasteiger partial charge on any atom is 2.00 e. The van der Waals surface area contributed by atoms with Crippen molar-refractivity contribution in [1.82, 2.24) is 0 Å². The van der Waals surface area contributed by atoms with Crippen LogP contribution in [-0.2, 0) is 24.2 Å². The van der Waals surface area contributed by atoms with Gasteiger partial charge in [-0.1, -0.05) is 0 Å². The third-order valence-corrected chi connectivity index (χ3v) is 2.23. The molecular formula is C7H11IOZn. The molecule has 2 saturated heterocycles. The Balaban J connectivity index is 0.000000405. The van der Waals surface area contributed by atoms with Gasteiger partial charge in [-0.05, 0) is 19.3 Å². The van der Waals surface area contributed by atoms with E-state index in [9.17, 15) is 0 Å². The van der Waals surface area contributed by atoms with Gasteiger partial charge in [0.15, 0.2) is 0 Å². The molecule has 2 aliphatic rings. The summed E-state index contributed by atoms with van der Waals surface area (Å²) >= 11 is 0. The van der Waals surface area contributed by atoms with Gasteiger partial charge in [0.1, 0.15) is 0 Å². The van der Waals surface area contributed by atoms with Crippen LogP contribution in [0.25, 0.3) is 0 Å². The van der Waals surface area contributed by atoms with Crippen molar-refractivity contribution in [3.8, 4) is 0 Å². The Morgan fingerprint density at radius 2 is 2.00 bits per heavy atom. The summed E-state index contributed by atoms with van der Waals surface area (Å²) in [5.74, 6) is 0.605. The number of rotatable bonds is 0. The maximum absolute atomic E-state index is 5.52. The fraction of sp³-hybridized carbons (Fsp3) is 0.857. The quantitative estimate of drug-likeness (QED) is 0.297. The van der Waals surface area contributed by atoms with Gasteiger partial charge in [0.05, 0.1) is 6.10 Å². The molecule has 2 fully saturated rings. The van der Waals surface area contributed by atoms with Crippen molar-refractivity contribution in [3.63, 3.8) is 0 Å². The monoisotopic (exact) mass is 302 g/mol. The van der Waals surface area contributed by atoms with E-state index in [-0.39, 0.29) is 43.5 Å². The van der Waals surface area contributed by atoms with E-state index in [0.29, 0.717) is 18.1 Å². The van der Waals surface area contributed by atoms with Crippen LogP contribution in [0.4, 0.5) is 0 Å². The Morgan fingerprint density at radius 1 is 1.30 bits per heavy atom. The predicted octanol–water partition coefficient (Wildman–Crippen LogP) is -1.61. The van der Waals surface area contributed by atoms with Crippen LogP contribution in [-0.4, -0.2) is 12.2 Å². The maximum atomic E-state index is 5.52. The zero-order chi connectivity index (χ0) is 5.56. The Bertz CT molecular complexity index is 108. The van der Waals surface area contributed by atoms with Gasteiger partial charge in [0, 0.05) is 6.10 Å². The van der Waals surface area contributed by atoms with Gasteiger partial charge in [-0.25, -0.2) is 0 Å². The summed E-state index contributed by atoms with van der Waals surface area (Å²) in [6.45, 7) is 4.00. The Labute approximate surface area is 92.1 Å². The Kier molecular flexibility index (Phi) is 4.94. The van der Waals surface area contributed by atoms with Crippen LogP contribution in [0, 0.1) is 12.8 Å². The van der Waals surface area contributed by atoms with Gasteiger partial charge in [-0.2, -0.15) is 0 Å². The van der Waals surface area contributed by atoms with Gasteiger partial charge in [-0.3, -0.25) is 0 Å². The van der Waals surface area contributed by atoms with Gasteiger partial charge in [0.25, 0.3) is 0 Å². The van der Waals surface area contributed by atoms with Crippen LogP contribution in [0.2, 0.25) is 0 Å². The average Bonchev–Trinajstić information content (AvgIpc) is 2.23. The number of hydrogen-bond acceptors (Lipinski definition) is 1. The van der Waals surface area contributed by atoms with Crippen molar-refractivity contribution < 1.29 is 48.2 Å². The molecule has 2 aliphatic heterocycles. The van der Waals surface area contributed by atoms with Crippen LogP contribution in [0.1, 0.15) is 19.3 Å². The normalized spacial score (nSPS) is 42.3. The largest absolute Gasteiger partial charge is 2.00 e. The molecule has 0 N–H and O–H groups in total. The summed E-state index contributed by atoms with van der Waals surface area (Å²) in [6, 6.07) is 0. The van der Waals surface area contributed by atoms with Crippen LogP contribution in [0.5, 0.6) is 0 Å². The van der Waals surface area contributed by atoms with E-state index < -0.39 is 0 Å². The van der Waals surface area contributed by atoms with E-state index in [1.54, 1.807) is 0 Å². The third kappa shape index (κ3) is 1.92. The molecule has 0 aromatic heterocycles. The zero-order valence-corrected chi connectivity index (χ0v) is 11.2. The van der Waals surface area contributed by atoms with E-state index in [4.69, 9.17) is 4.74 Å². The second kappa shape index (κ2) is 4.37. The second-order valence-corrected chi connectivity index (χ2v) is 2.87. The van der Waals surface area contributed by atoms with Crippen molar-refractivity contribution in [2.45, 2.75) is 31.5 Å². The van der Waals surface area contributed by atoms with Crippen molar-refractivity contribution in [3.05, 3.63) is 6.92 Å². The summed E-state index contributed by atoms with van der Waals surface area (Å²) in [5.41, 5.74) is 0. The Morgan fingerprint density at radius 3 is 2.20 bits per heavy atom. The summed E-state index contributed by atoms with van der Waals surface area (Å²) < 4.78 is 5.52. The van der Waals surface area contributed by atoms with E-state index in [1.165, 1.54) is 19.3 Å². The first-order valence-corrected chi connectivity index (χ1v) is 3.35. The van der Waals surface area contributed by atoms with Gasteiger partial charge < -0.3 is 35.6 Å². The van der Waals surface area contributed by atoms with E-state index in [1.807, 2.05) is 0 Å². The number of hydrogen-bond donors (Lipinski definition) is 0. The van der Waals surface area contributed by atoms with Crippen molar-refractivity contribution in [2.75, 3.05) is 0 Å². The second-order valence-electron chi connectivity index (χ2n) is 2.87. The SMILES string of the molecule is [CH2-][C@@H]1C[C@@H]2CC[C@H]1O2.[I-].[Zn+2]. The third-order valence-electron chi connectivity index (χ3n) is 2.23. The van der Waals surface area contributed by atoms with E-state index in [0.717, 1.165) is 0 Å². The zero-order valence-electron chi connectivity index (χ0n) is 6.05. The van der Waals surface area contributed by atoms with Crippen LogP contribution in [0.15, 0.2) is 0 Å². The number of halogens is 1. The topological polar surface area (TPSA) is 9.23 Å². The smallest absolute Gasteiger partial charge is 1.00 e. The van der Waals surface area contributed by atoms with E-state index in [2.05, 4.69) is 6.92 Å². The molecule has 0 radical (unpaired) electrons. The Hall–Kier alpha value is 1.31. The minimum Gasteiger partial charge on any atom is -1.00 e. The number of fused-ring (bicyclic) bond motifs is 2. The molecular weight excluding hydrogens is 292 g/mol. The first kappa shape index (κ1) is 11.3. The van der Waals surface area contributed by atoms with Crippen molar-refractivity contribution in [1.29, 1.82) is 0 Å². The minimum absolute atomic E-state index is 0. The molecule has 10 heavy (non-hydrogen) atoms. The van der Waals surface area contributed by atoms with Gasteiger partial charge >= 0.3 is 19.5 Å². The fourth-order valence-electron chi connectivity index (χ4n) is 1.74. The van der Waals surface area contributed by atoms with Gasteiger partial charge in [0.2, 0.25) is 0 Å². The van der Waals surface area contributed by atoms with Crippen LogP contribution >= 0.6 is 0 Å². The molecule has 0 amide bonds. The molecule has 54 valence electrons. The first-order valence-electron chi connectivity index (χ1n) is 3.35. The fourth-order valence-corrected chi connectivity index (χ4v) is 1.74. The molecule has 3 atom stereocenters. The molecule has 0 unspecified atom stereocenters. The molecule has 1 nitrogen and oxygen atoms in total. The molecule has 3 heteroatoms. The van der Waals surface area contributed by atoms with Gasteiger partial charge in [-0.15, -0.1) is 5.92 Å². The molecule has 2 heterocycles. The molecule has 0 spiro atoms. The van der Waals surface area contributed by atoms with Crippen LogP contribution in [0.3, 0.4) is 0 Å². The molecule has 2 bridgehead atoms. The standard InChI is InChI=1S/C7H11O.HI.Zn/c1-5-4-6-2-3-7(5)8-6;;/h5-7H,1-4H2;1H;/q-1;;+2/p-1/t5-,6+,7-;;/m1../s1. The molecule has 0 aromatic carbocycles. The first-order chi connectivity index (χ1) is 3.86. The predicted molar refractivity (Wildman–Crippen MR) is 31.4 cm³/mol. The minimum atomic E-state index is 0. The summed E-state index contributed by atoms with van der Waals surface area (Å²) in [5, 5.41) is 0. The molecule has 2 rings (SSSR count). The van der Waals surface area contributed by atoms with E-state index >= 15 is 0 Å². The number of ether oxygens (including phenoxy) is 1. The molecule has 0 aliphatic carbocycles. The van der Waals surface area contributed by atoms with Crippen LogP contribution < -0.4 is 24.0 Å². The molecule has 0 aromatic rings. The van der Waals surface area contributed by atoms with Crippen molar-refractivity contribution >= 4 is 0 Å². The summed E-state index contributed by atoms with van der Waals surface area (Å²) in [4.78, 5) is 0. The van der Waals surface area contributed by atoms with Crippen molar-refractivity contribution in [2.24, 2.45) is 5.92 Å². The average molecular weight is 303 g/mol. The summed E-state index contributed by atoms with van der Waals surface area (Å²) in [6.07, 6.45) is 4.88. The molecule has 0 saturated carbocycles.